The summed E-state index contributed by atoms with van der Waals surface area (Å²) < 4.78 is 0. The lowest BCUT2D eigenvalue weighted by atomic mass is 9.94. The van der Waals surface area contributed by atoms with Crippen molar-refractivity contribution in [3.05, 3.63) is 13.2 Å². The van der Waals surface area contributed by atoms with E-state index in [2.05, 4.69) is 54.7 Å². The average Bonchev–Trinajstić information content (AvgIpc) is 2.27. The molecule has 0 rings (SSSR count). The van der Waals surface area contributed by atoms with E-state index in [4.69, 9.17) is 0 Å². The van der Waals surface area contributed by atoms with Gasteiger partial charge in [0.05, 0.1) is 0 Å². The molecule has 0 heteroatoms. The quantitative estimate of drug-likeness (QED) is 0.384. The lowest BCUT2D eigenvalue weighted by Crippen LogP contribution is -2.00. The monoisotopic (exact) mass is 234 g/mol. The van der Waals surface area contributed by atoms with Gasteiger partial charge in [-0.1, -0.05) is 89.5 Å². The fraction of sp³-hybridized carbons (Fsp3) is 0.875. The van der Waals surface area contributed by atoms with Gasteiger partial charge in [0, 0.05) is 0 Å². The second kappa shape index (κ2) is 46.5. The van der Waals surface area contributed by atoms with Crippen LogP contribution in [0.25, 0.3) is 0 Å². The van der Waals surface area contributed by atoms with Crippen molar-refractivity contribution in [1.29, 1.82) is 0 Å². The van der Waals surface area contributed by atoms with E-state index < -0.39 is 0 Å². The highest BCUT2D eigenvalue weighted by Crippen LogP contribution is 2.16. The summed E-state index contributed by atoms with van der Waals surface area (Å²) in [7, 11) is 0. The summed E-state index contributed by atoms with van der Waals surface area (Å²) >= 11 is 0. The maximum Gasteiger partial charge on any atom is -0.0385 e. The lowest BCUT2D eigenvalue weighted by molar-refractivity contribution is 0.398. The molecule has 0 N–H and O–H groups in total. The summed E-state index contributed by atoms with van der Waals surface area (Å²) in [6, 6.07) is 0. The van der Waals surface area contributed by atoms with Gasteiger partial charge in [0.15, 0.2) is 0 Å². The van der Waals surface area contributed by atoms with Crippen molar-refractivity contribution < 1.29 is 0 Å². The van der Waals surface area contributed by atoms with E-state index in [-0.39, 0.29) is 7.43 Å². The third-order valence-electron chi connectivity index (χ3n) is 1.06. The molecule has 0 nitrogen and oxygen atoms in total. The minimum absolute atomic E-state index is 0. The third-order valence-corrected chi connectivity index (χ3v) is 1.06. The Kier molecular flexibility index (Phi) is 105. The molecule has 0 aromatic rings. The van der Waals surface area contributed by atoms with Gasteiger partial charge in [-0.2, -0.15) is 0 Å². The number of hydrogen-bond donors (Lipinski definition) is 0. The Hall–Kier alpha value is -0.260. The Morgan fingerprint density at radius 3 is 0.812 bits per heavy atom. The topological polar surface area (TPSA) is 0 Å². The zero-order valence-corrected chi connectivity index (χ0v) is 13.3. The molecule has 0 aliphatic carbocycles. The molecule has 0 atom stereocenters. The maximum absolute atomic E-state index is 3.00. The fourth-order valence-electron chi connectivity index (χ4n) is 0. The molecule has 0 aliphatic rings. The molecule has 0 heterocycles. The van der Waals surface area contributed by atoms with E-state index in [0.29, 0.717) is 5.41 Å². The third kappa shape index (κ3) is 297. The molecule has 0 amide bonds. The van der Waals surface area contributed by atoms with Gasteiger partial charge in [-0.15, -0.1) is 13.2 Å². The summed E-state index contributed by atoms with van der Waals surface area (Å²) in [4.78, 5) is 0. The predicted molar refractivity (Wildman–Crippen MR) is 86.4 cm³/mol. The molecular formula is C16H42. The highest BCUT2D eigenvalue weighted by atomic mass is 14.1. The van der Waals surface area contributed by atoms with Crippen molar-refractivity contribution in [1.82, 2.24) is 0 Å². The largest absolute Gasteiger partial charge is 0.106 e. The summed E-state index contributed by atoms with van der Waals surface area (Å²) in [6.45, 7) is 27.2. The molecular weight excluding hydrogens is 192 g/mol. The van der Waals surface area contributed by atoms with Crippen molar-refractivity contribution in [3.8, 4) is 0 Å². The van der Waals surface area contributed by atoms with E-state index in [1.54, 1.807) is 0 Å². The highest BCUT2D eigenvalue weighted by molar-refractivity contribution is 4.55. The van der Waals surface area contributed by atoms with Gasteiger partial charge in [0.1, 0.15) is 0 Å². The highest BCUT2D eigenvalue weighted by Gasteiger charge is 2.03. The molecule has 0 aliphatic heterocycles. The SMILES string of the molecule is C.C=C.CC.CC.CCC.CCC(C)(C)C. The van der Waals surface area contributed by atoms with Crippen LogP contribution in [-0.2, 0) is 0 Å². The van der Waals surface area contributed by atoms with Crippen molar-refractivity contribution in [2.75, 3.05) is 0 Å². The molecule has 0 spiro atoms. The Bertz CT molecular complexity index is 47.5. The van der Waals surface area contributed by atoms with Crippen LogP contribution < -0.4 is 0 Å². The normalized spacial score (nSPS) is 6.62. The predicted octanol–water partition coefficient (Wildman–Crippen LogP) is 7.35. The van der Waals surface area contributed by atoms with Crippen LogP contribution in [0.2, 0.25) is 0 Å². The van der Waals surface area contributed by atoms with Crippen LogP contribution in [0.15, 0.2) is 13.2 Å². The molecule has 0 bridgehead atoms. The van der Waals surface area contributed by atoms with Gasteiger partial charge in [-0.05, 0) is 5.41 Å². The average molecular weight is 235 g/mol. The second-order valence-corrected chi connectivity index (χ2v) is 3.62. The molecule has 0 radical (unpaired) electrons. The van der Waals surface area contributed by atoms with E-state index in [0.717, 1.165) is 0 Å². The Labute approximate surface area is 109 Å². The number of rotatable bonds is 0. The first kappa shape index (κ1) is 36.0. The van der Waals surface area contributed by atoms with Gasteiger partial charge in [0.25, 0.3) is 0 Å². The molecule has 0 saturated carbocycles. The van der Waals surface area contributed by atoms with Crippen LogP contribution >= 0.6 is 0 Å². The summed E-state index contributed by atoms with van der Waals surface area (Å²) in [6.07, 6.45) is 2.52. The van der Waals surface area contributed by atoms with E-state index >= 15 is 0 Å². The smallest absolute Gasteiger partial charge is 0.0385 e. The standard InChI is InChI=1S/C6H14.C3H8.2C2H6.C2H4.CH4/c1-5-6(2,3)4;1-3-2;3*1-2;/h5H2,1-4H3;3H2,1-2H3;2*1-2H3;1-2H2;1H4. The summed E-state index contributed by atoms with van der Waals surface area (Å²) in [5, 5.41) is 0. The molecule has 0 unspecified atom stereocenters. The van der Waals surface area contributed by atoms with Crippen LogP contribution in [0.4, 0.5) is 0 Å². The molecule has 0 aromatic heterocycles. The van der Waals surface area contributed by atoms with Crippen molar-refractivity contribution in [3.63, 3.8) is 0 Å². The lowest BCUT2D eigenvalue weighted by Gasteiger charge is -2.12. The maximum atomic E-state index is 3.00. The van der Waals surface area contributed by atoms with Crippen molar-refractivity contribution >= 4 is 0 Å². The molecule has 0 saturated heterocycles. The van der Waals surface area contributed by atoms with E-state index in [1.165, 1.54) is 12.8 Å². The molecule has 0 fully saturated rings. The summed E-state index contributed by atoms with van der Waals surface area (Å²) in [5.74, 6) is 0. The van der Waals surface area contributed by atoms with Gasteiger partial charge in [0.2, 0.25) is 0 Å². The zero-order valence-electron chi connectivity index (χ0n) is 13.3. The van der Waals surface area contributed by atoms with Crippen molar-refractivity contribution in [2.24, 2.45) is 5.41 Å². The van der Waals surface area contributed by atoms with Crippen LogP contribution in [0.5, 0.6) is 0 Å². The van der Waals surface area contributed by atoms with Crippen molar-refractivity contribution in [2.45, 2.75) is 89.5 Å². The van der Waals surface area contributed by atoms with Gasteiger partial charge in [-0.25, -0.2) is 0 Å². The number of hydrogen-bond acceptors (Lipinski definition) is 0. The Morgan fingerprint density at radius 1 is 0.750 bits per heavy atom. The molecule has 106 valence electrons. The zero-order chi connectivity index (χ0) is 13.9. The minimum atomic E-state index is 0. The van der Waals surface area contributed by atoms with Gasteiger partial charge >= 0.3 is 0 Å². The van der Waals surface area contributed by atoms with Gasteiger partial charge < -0.3 is 0 Å². The van der Waals surface area contributed by atoms with Crippen LogP contribution in [0.3, 0.4) is 0 Å². The summed E-state index contributed by atoms with van der Waals surface area (Å²) in [5.41, 5.74) is 0.542. The first-order valence-corrected chi connectivity index (χ1v) is 6.47. The van der Waals surface area contributed by atoms with Crippen LogP contribution in [-0.4, -0.2) is 0 Å². The Balaban J connectivity index is -0.0000000217. The van der Waals surface area contributed by atoms with Gasteiger partial charge in [-0.3, -0.25) is 0 Å². The fourth-order valence-corrected chi connectivity index (χ4v) is 0. The second-order valence-electron chi connectivity index (χ2n) is 3.62. The first-order valence-electron chi connectivity index (χ1n) is 6.47. The molecule has 16 heavy (non-hydrogen) atoms. The Morgan fingerprint density at radius 2 is 0.812 bits per heavy atom. The molecule has 0 aromatic carbocycles. The van der Waals surface area contributed by atoms with E-state index in [1.807, 2.05) is 27.7 Å². The minimum Gasteiger partial charge on any atom is -0.106 e. The van der Waals surface area contributed by atoms with E-state index in [9.17, 15) is 0 Å². The van der Waals surface area contributed by atoms with Crippen LogP contribution in [0.1, 0.15) is 89.5 Å². The van der Waals surface area contributed by atoms with Crippen LogP contribution in [0, 0.1) is 5.41 Å². The first-order chi connectivity index (χ1) is 6.97.